The summed E-state index contributed by atoms with van der Waals surface area (Å²) in [6, 6.07) is 6.85. The summed E-state index contributed by atoms with van der Waals surface area (Å²) in [7, 11) is 0. The number of nitrogen functional groups attached to an aromatic ring is 1. The third-order valence-electron chi connectivity index (χ3n) is 1.25. The van der Waals surface area contributed by atoms with Crippen LogP contribution in [0.2, 0.25) is 0 Å². The Hall–Kier alpha value is -1.71. The van der Waals surface area contributed by atoms with E-state index in [1.165, 1.54) is 6.61 Å². The Kier molecular flexibility index (Phi) is 2.53. The van der Waals surface area contributed by atoms with Gasteiger partial charge in [0.2, 0.25) is 0 Å². The number of hydrogen-bond acceptors (Lipinski definition) is 3. The van der Waals surface area contributed by atoms with Gasteiger partial charge in [-0.25, -0.2) is 4.79 Å². The molecule has 4 nitrogen and oxygen atoms in total. The lowest BCUT2D eigenvalue weighted by Gasteiger charge is -1.99. The minimum absolute atomic E-state index is 0.659. The zero-order valence-corrected chi connectivity index (χ0v) is 6.36. The molecular formula is C8H9N2O2. The number of carbonyl (C=O) groups excluding carboxylic acids is 1. The predicted octanol–water partition coefficient (Wildman–Crippen LogP) is 0.874. The van der Waals surface area contributed by atoms with Crippen molar-refractivity contribution in [2.45, 2.75) is 0 Å². The molecule has 0 bridgehead atoms. The summed E-state index contributed by atoms with van der Waals surface area (Å²) < 4.78 is 4.44. The second kappa shape index (κ2) is 3.61. The van der Waals surface area contributed by atoms with Crippen LogP contribution >= 0.6 is 0 Å². The molecule has 63 valence electrons. The lowest BCUT2D eigenvalue weighted by atomic mass is 10.2. The molecule has 0 saturated heterocycles. The number of primary amides is 1. The van der Waals surface area contributed by atoms with Crippen LogP contribution in [0.15, 0.2) is 24.3 Å². The number of anilines is 1. The summed E-state index contributed by atoms with van der Waals surface area (Å²) in [5.74, 6) is 0. The SMILES string of the molecule is NC(=O)O[CH]c1ccc(N)cc1. The zero-order chi connectivity index (χ0) is 8.97. The van der Waals surface area contributed by atoms with Crippen molar-refractivity contribution in [3.05, 3.63) is 36.4 Å². The number of hydrogen-bond donors (Lipinski definition) is 2. The van der Waals surface area contributed by atoms with Gasteiger partial charge in [0.05, 0.1) is 0 Å². The predicted molar refractivity (Wildman–Crippen MR) is 44.9 cm³/mol. The monoisotopic (exact) mass is 165 g/mol. The van der Waals surface area contributed by atoms with Crippen LogP contribution in [0.3, 0.4) is 0 Å². The van der Waals surface area contributed by atoms with Crippen molar-refractivity contribution in [2.75, 3.05) is 5.73 Å². The minimum Gasteiger partial charge on any atom is -0.437 e. The molecule has 1 rings (SSSR count). The van der Waals surface area contributed by atoms with Crippen molar-refractivity contribution in [3.63, 3.8) is 0 Å². The number of ether oxygens (including phenoxy) is 1. The average Bonchev–Trinajstić information content (AvgIpc) is 2.03. The quantitative estimate of drug-likeness (QED) is 0.638. The van der Waals surface area contributed by atoms with Crippen molar-refractivity contribution in [3.8, 4) is 0 Å². The molecule has 1 aromatic carbocycles. The van der Waals surface area contributed by atoms with E-state index in [0.717, 1.165) is 5.56 Å². The molecule has 0 atom stereocenters. The van der Waals surface area contributed by atoms with E-state index in [-0.39, 0.29) is 0 Å². The summed E-state index contributed by atoms with van der Waals surface area (Å²) in [5.41, 5.74) is 11.6. The van der Waals surface area contributed by atoms with Gasteiger partial charge in [-0.3, -0.25) is 0 Å². The van der Waals surface area contributed by atoms with Crippen molar-refractivity contribution < 1.29 is 9.53 Å². The number of rotatable bonds is 2. The molecule has 0 aliphatic rings. The maximum absolute atomic E-state index is 10.2. The van der Waals surface area contributed by atoms with Crippen LogP contribution in [0.4, 0.5) is 10.5 Å². The van der Waals surface area contributed by atoms with Gasteiger partial charge in [0.15, 0.2) is 6.61 Å². The van der Waals surface area contributed by atoms with E-state index in [1.54, 1.807) is 24.3 Å². The van der Waals surface area contributed by atoms with Gasteiger partial charge in [0.1, 0.15) is 0 Å². The zero-order valence-electron chi connectivity index (χ0n) is 6.36. The smallest absolute Gasteiger partial charge is 0.405 e. The van der Waals surface area contributed by atoms with Crippen LogP contribution in [-0.4, -0.2) is 6.09 Å². The average molecular weight is 165 g/mol. The van der Waals surface area contributed by atoms with E-state index in [1.807, 2.05) is 0 Å². The Labute approximate surface area is 70.1 Å². The van der Waals surface area contributed by atoms with Crippen LogP contribution < -0.4 is 11.5 Å². The molecular weight excluding hydrogens is 156 g/mol. The first-order valence-corrected chi connectivity index (χ1v) is 3.33. The fourth-order valence-electron chi connectivity index (χ4n) is 0.701. The topological polar surface area (TPSA) is 78.3 Å². The second-order valence-corrected chi connectivity index (χ2v) is 2.22. The molecule has 1 amide bonds. The highest BCUT2D eigenvalue weighted by molar-refractivity contribution is 5.65. The maximum atomic E-state index is 10.2. The number of amides is 1. The first-order valence-electron chi connectivity index (χ1n) is 3.33. The van der Waals surface area contributed by atoms with Crippen molar-refractivity contribution >= 4 is 11.8 Å². The summed E-state index contributed by atoms with van der Waals surface area (Å²) >= 11 is 0. The molecule has 0 aromatic heterocycles. The van der Waals surface area contributed by atoms with E-state index in [4.69, 9.17) is 11.5 Å². The summed E-state index contributed by atoms with van der Waals surface area (Å²) in [4.78, 5) is 10.2. The van der Waals surface area contributed by atoms with E-state index in [2.05, 4.69) is 4.74 Å². The van der Waals surface area contributed by atoms with Crippen LogP contribution in [0.25, 0.3) is 0 Å². The van der Waals surface area contributed by atoms with Gasteiger partial charge >= 0.3 is 6.09 Å². The Morgan fingerprint density at radius 2 is 1.92 bits per heavy atom. The molecule has 0 heterocycles. The summed E-state index contributed by atoms with van der Waals surface area (Å²) in [6.07, 6.45) is -0.827. The van der Waals surface area contributed by atoms with Gasteiger partial charge in [-0.15, -0.1) is 0 Å². The van der Waals surface area contributed by atoms with Gasteiger partial charge in [-0.1, -0.05) is 12.1 Å². The van der Waals surface area contributed by atoms with Gasteiger partial charge in [-0.05, 0) is 17.7 Å². The Morgan fingerprint density at radius 3 is 2.42 bits per heavy atom. The van der Waals surface area contributed by atoms with E-state index in [0.29, 0.717) is 5.69 Å². The molecule has 0 saturated carbocycles. The summed E-state index contributed by atoms with van der Waals surface area (Å²) in [6.45, 7) is 1.27. The Morgan fingerprint density at radius 1 is 1.33 bits per heavy atom. The molecule has 0 aliphatic heterocycles. The van der Waals surface area contributed by atoms with Crippen molar-refractivity contribution in [2.24, 2.45) is 5.73 Å². The first-order chi connectivity index (χ1) is 5.68. The molecule has 0 unspecified atom stereocenters. The van der Waals surface area contributed by atoms with E-state index >= 15 is 0 Å². The molecule has 1 radical (unpaired) electrons. The highest BCUT2D eigenvalue weighted by Crippen LogP contribution is 2.07. The van der Waals surface area contributed by atoms with Crippen molar-refractivity contribution in [1.82, 2.24) is 0 Å². The molecule has 0 spiro atoms. The number of carbonyl (C=O) groups is 1. The van der Waals surface area contributed by atoms with Crippen LogP contribution in [0.5, 0.6) is 0 Å². The van der Waals surface area contributed by atoms with Crippen LogP contribution in [0, 0.1) is 6.61 Å². The fraction of sp³-hybridized carbons (Fsp3) is 0. The molecule has 0 aliphatic carbocycles. The largest absolute Gasteiger partial charge is 0.437 e. The lowest BCUT2D eigenvalue weighted by Crippen LogP contribution is -2.11. The van der Waals surface area contributed by atoms with Gasteiger partial charge in [0, 0.05) is 5.69 Å². The molecule has 4 N–H and O–H groups in total. The lowest BCUT2D eigenvalue weighted by molar-refractivity contribution is 0.186. The molecule has 1 aromatic rings. The second-order valence-electron chi connectivity index (χ2n) is 2.22. The normalized spacial score (nSPS) is 9.33. The highest BCUT2D eigenvalue weighted by Gasteiger charge is 1.96. The minimum atomic E-state index is -0.827. The van der Waals surface area contributed by atoms with Crippen molar-refractivity contribution in [1.29, 1.82) is 0 Å². The first kappa shape index (κ1) is 8.39. The summed E-state index contributed by atoms with van der Waals surface area (Å²) in [5, 5.41) is 0. The van der Waals surface area contributed by atoms with Crippen LogP contribution in [0.1, 0.15) is 5.56 Å². The molecule has 4 heteroatoms. The third kappa shape index (κ3) is 2.49. The third-order valence-corrected chi connectivity index (χ3v) is 1.25. The van der Waals surface area contributed by atoms with E-state index < -0.39 is 6.09 Å². The van der Waals surface area contributed by atoms with Crippen LogP contribution in [-0.2, 0) is 4.74 Å². The number of nitrogens with two attached hydrogens (primary N) is 2. The highest BCUT2D eigenvalue weighted by atomic mass is 16.5. The Bertz CT molecular complexity index is 269. The van der Waals surface area contributed by atoms with Gasteiger partial charge in [-0.2, -0.15) is 0 Å². The Balaban J connectivity index is 2.53. The molecule has 12 heavy (non-hydrogen) atoms. The maximum Gasteiger partial charge on any atom is 0.405 e. The fourth-order valence-corrected chi connectivity index (χ4v) is 0.701. The van der Waals surface area contributed by atoms with Gasteiger partial charge in [0.25, 0.3) is 0 Å². The molecule has 0 fully saturated rings. The van der Waals surface area contributed by atoms with E-state index in [9.17, 15) is 4.79 Å². The standard InChI is InChI=1S/C8H9N2O2/c9-7-3-1-6(2-4-7)5-12-8(10)11/h1-5H,9H2,(H2,10,11). The van der Waals surface area contributed by atoms with Gasteiger partial charge < -0.3 is 16.2 Å². The number of benzene rings is 1.